The van der Waals surface area contributed by atoms with Gasteiger partial charge in [-0.3, -0.25) is 9.69 Å². The lowest BCUT2D eigenvalue weighted by Crippen LogP contribution is -2.49. The van der Waals surface area contributed by atoms with E-state index in [0.717, 1.165) is 19.4 Å². The van der Waals surface area contributed by atoms with Gasteiger partial charge in [-0.15, -0.1) is 0 Å². The van der Waals surface area contributed by atoms with E-state index in [9.17, 15) is 4.79 Å². The van der Waals surface area contributed by atoms with Crippen molar-refractivity contribution in [1.82, 2.24) is 10.2 Å². The summed E-state index contributed by atoms with van der Waals surface area (Å²) in [7, 11) is 0. The van der Waals surface area contributed by atoms with Crippen molar-refractivity contribution in [3.8, 4) is 0 Å². The Labute approximate surface area is 163 Å². The molecule has 2 atom stereocenters. The molecule has 0 aromatic heterocycles. The first-order valence-corrected chi connectivity index (χ1v) is 11.0. The summed E-state index contributed by atoms with van der Waals surface area (Å²) in [6.07, 6.45) is 9.66. The smallest absolute Gasteiger partial charge is 0.223 e. The van der Waals surface area contributed by atoms with Crippen molar-refractivity contribution in [1.29, 1.82) is 0 Å². The van der Waals surface area contributed by atoms with Gasteiger partial charge in [-0.2, -0.15) is 0 Å². The largest absolute Gasteiger partial charge is 0.352 e. The number of likely N-dealkylation sites (tertiary alicyclic amines) is 1. The molecule has 1 heterocycles. The van der Waals surface area contributed by atoms with Gasteiger partial charge in [0.15, 0.2) is 0 Å². The van der Waals surface area contributed by atoms with Crippen molar-refractivity contribution in [3.63, 3.8) is 0 Å². The van der Waals surface area contributed by atoms with E-state index < -0.39 is 0 Å². The summed E-state index contributed by atoms with van der Waals surface area (Å²) in [5.74, 6) is 1.51. The molecule has 4 rings (SSSR count). The monoisotopic (exact) mass is 369 g/mol. The van der Waals surface area contributed by atoms with Gasteiger partial charge in [-0.1, -0.05) is 37.1 Å². The quantitative estimate of drug-likeness (QED) is 0.836. The van der Waals surface area contributed by atoms with Crippen molar-refractivity contribution in [3.05, 3.63) is 35.4 Å². The highest BCUT2D eigenvalue weighted by molar-refractivity contribution is 5.78. The number of nitrogens with two attached hydrogens (primary N) is 1. The molecule has 1 aliphatic heterocycles. The van der Waals surface area contributed by atoms with E-state index in [1.54, 1.807) is 0 Å². The second kappa shape index (κ2) is 8.74. The van der Waals surface area contributed by atoms with Gasteiger partial charge in [-0.25, -0.2) is 0 Å². The Bertz CT molecular complexity index is 626. The fourth-order valence-electron chi connectivity index (χ4n) is 5.57. The maximum absolute atomic E-state index is 12.8. The molecule has 4 heteroatoms. The minimum absolute atomic E-state index is 0.161. The van der Waals surface area contributed by atoms with Gasteiger partial charge < -0.3 is 11.1 Å². The SMILES string of the molecule is NC1C2CCCC1CC(C(=O)NCc1ccccc1CN1CCCCC1)C2. The molecule has 3 N–H and O–H groups in total. The molecule has 148 valence electrons. The number of rotatable bonds is 5. The van der Waals surface area contributed by atoms with Crippen LogP contribution in [0.4, 0.5) is 0 Å². The number of fused-ring (bicyclic) bond motifs is 2. The summed E-state index contributed by atoms with van der Waals surface area (Å²) < 4.78 is 0. The Morgan fingerprint density at radius 3 is 2.37 bits per heavy atom. The molecule has 2 aliphatic carbocycles. The fraction of sp³-hybridized carbons (Fsp3) is 0.696. The van der Waals surface area contributed by atoms with E-state index in [1.807, 2.05) is 0 Å². The van der Waals surface area contributed by atoms with Crippen LogP contribution in [0.15, 0.2) is 24.3 Å². The highest BCUT2D eigenvalue weighted by Crippen LogP contribution is 2.41. The third-order valence-corrected chi connectivity index (χ3v) is 7.20. The fourth-order valence-corrected chi connectivity index (χ4v) is 5.57. The summed E-state index contributed by atoms with van der Waals surface area (Å²) in [5.41, 5.74) is 9.01. The molecule has 4 nitrogen and oxygen atoms in total. The highest BCUT2D eigenvalue weighted by Gasteiger charge is 2.40. The maximum Gasteiger partial charge on any atom is 0.223 e. The van der Waals surface area contributed by atoms with Crippen LogP contribution >= 0.6 is 0 Å². The van der Waals surface area contributed by atoms with Crippen LogP contribution in [-0.2, 0) is 17.9 Å². The summed E-state index contributed by atoms with van der Waals surface area (Å²) in [6.45, 7) is 4.06. The molecule has 0 radical (unpaired) electrons. The predicted octanol–water partition coefficient (Wildman–Crippen LogP) is 3.44. The predicted molar refractivity (Wildman–Crippen MR) is 109 cm³/mol. The number of hydrogen-bond acceptors (Lipinski definition) is 3. The lowest BCUT2D eigenvalue weighted by Gasteiger charge is -2.43. The first-order chi connectivity index (χ1) is 13.2. The van der Waals surface area contributed by atoms with Gasteiger partial charge in [0.2, 0.25) is 5.91 Å². The molecule has 27 heavy (non-hydrogen) atoms. The van der Waals surface area contributed by atoms with Gasteiger partial charge in [0.25, 0.3) is 0 Å². The van der Waals surface area contributed by atoms with Crippen molar-refractivity contribution in [2.45, 2.75) is 70.5 Å². The molecule has 2 bridgehead atoms. The number of carbonyl (C=O) groups excluding carboxylic acids is 1. The second-order valence-corrected chi connectivity index (χ2v) is 9.02. The molecule has 1 aromatic rings. The number of nitrogens with one attached hydrogen (secondary N) is 1. The third kappa shape index (κ3) is 4.55. The van der Waals surface area contributed by atoms with Crippen molar-refractivity contribution in [2.75, 3.05) is 13.1 Å². The lowest BCUT2D eigenvalue weighted by atomic mass is 9.65. The molecular weight excluding hydrogens is 334 g/mol. The second-order valence-electron chi connectivity index (χ2n) is 9.02. The van der Waals surface area contributed by atoms with Crippen LogP contribution in [0, 0.1) is 17.8 Å². The molecule has 2 unspecified atom stereocenters. The van der Waals surface area contributed by atoms with E-state index in [0.29, 0.717) is 24.4 Å². The molecule has 1 saturated heterocycles. The van der Waals surface area contributed by atoms with Crippen LogP contribution in [0.1, 0.15) is 62.5 Å². The van der Waals surface area contributed by atoms with Crippen LogP contribution in [0.2, 0.25) is 0 Å². The lowest BCUT2D eigenvalue weighted by molar-refractivity contribution is -0.128. The number of carbonyl (C=O) groups is 1. The zero-order chi connectivity index (χ0) is 18.6. The average Bonchev–Trinajstić information content (AvgIpc) is 2.68. The first kappa shape index (κ1) is 18.9. The average molecular weight is 370 g/mol. The van der Waals surface area contributed by atoms with Crippen LogP contribution in [0.25, 0.3) is 0 Å². The number of hydrogen-bond donors (Lipinski definition) is 2. The van der Waals surface area contributed by atoms with Gasteiger partial charge >= 0.3 is 0 Å². The zero-order valence-electron chi connectivity index (χ0n) is 16.5. The van der Waals surface area contributed by atoms with E-state index in [4.69, 9.17) is 5.73 Å². The number of piperidine rings is 1. The molecule has 2 saturated carbocycles. The number of nitrogens with zero attached hydrogens (tertiary/aromatic N) is 1. The van der Waals surface area contributed by atoms with E-state index in [2.05, 4.69) is 34.5 Å². The van der Waals surface area contributed by atoms with Crippen LogP contribution in [0.5, 0.6) is 0 Å². The van der Waals surface area contributed by atoms with Gasteiger partial charge in [0.05, 0.1) is 0 Å². The molecular formula is C23H35N3O. The highest BCUT2D eigenvalue weighted by atomic mass is 16.1. The standard InChI is InChI=1S/C23H35N3O/c24-22-17-9-6-10-18(22)14-21(13-17)23(27)25-15-19-7-2-3-8-20(19)16-26-11-4-1-5-12-26/h2-3,7-8,17-18,21-22H,1,4-6,9-16,24H2,(H,25,27). The molecule has 3 fully saturated rings. The van der Waals surface area contributed by atoms with Crippen molar-refractivity contribution >= 4 is 5.91 Å². The Hall–Kier alpha value is -1.39. The van der Waals surface area contributed by atoms with E-state index in [1.165, 1.54) is 62.7 Å². The van der Waals surface area contributed by atoms with Gasteiger partial charge in [0, 0.05) is 25.0 Å². The summed E-state index contributed by atoms with van der Waals surface area (Å²) in [4.78, 5) is 15.4. The number of benzene rings is 1. The normalized spacial score (nSPS) is 31.4. The van der Waals surface area contributed by atoms with E-state index in [-0.39, 0.29) is 11.8 Å². The van der Waals surface area contributed by atoms with Crippen molar-refractivity contribution in [2.24, 2.45) is 23.5 Å². The van der Waals surface area contributed by atoms with Crippen LogP contribution < -0.4 is 11.1 Å². The van der Waals surface area contributed by atoms with Gasteiger partial charge in [0.1, 0.15) is 0 Å². The Kier molecular flexibility index (Phi) is 6.14. The van der Waals surface area contributed by atoms with Crippen LogP contribution in [0.3, 0.4) is 0 Å². The minimum atomic E-state index is 0.161. The topological polar surface area (TPSA) is 58.4 Å². The zero-order valence-corrected chi connectivity index (χ0v) is 16.5. The van der Waals surface area contributed by atoms with Crippen LogP contribution in [-0.4, -0.2) is 29.9 Å². The molecule has 3 aliphatic rings. The maximum atomic E-state index is 12.8. The summed E-state index contributed by atoms with van der Waals surface area (Å²) in [5, 5.41) is 3.25. The Morgan fingerprint density at radius 1 is 1.00 bits per heavy atom. The Balaban J connectivity index is 1.34. The molecule has 1 amide bonds. The summed E-state index contributed by atoms with van der Waals surface area (Å²) >= 11 is 0. The van der Waals surface area contributed by atoms with E-state index >= 15 is 0 Å². The number of amides is 1. The first-order valence-electron chi connectivity index (χ1n) is 11.0. The van der Waals surface area contributed by atoms with Crippen molar-refractivity contribution < 1.29 is 4.79 Å². The third-order valence-electron chi connectivity index (χ3n) is 7.20. The van der Waals surface area contributed by atoms with Gasteiger partial charge in [-0.05, 0) is 74.6 Å². The molecule has 1 aromatic carbocycles. The molecule has 0 spiro atoms. The Morgan fingerprint density at radius 2 is 1.67 bits per heavy atom. The minimum Gasteiger partial charge on any atom is -0.352 e. The summed E-state index contributed by atoms with van der Waals surface area (Å²) in [6, 6.07) is 8.93.